The van der Waals surface area contributed by atoms with Gasteiger partial charge in [-0.25, -0.2) is 14.5 Å². The van der Waals surface area contributed by atoms with Crippen molar-refractivity contribution in [3.63, 3.8) is 0 Å². The van der Waals surface area contributed by atoms with Crippen LogP contribution in [0.1, 0.15) is 97.3 Å². The lowest BCUT2D eigenvalue weighted by Gasteiger charge is -2.28. The number of nitrogens with two attached hydrogens (primary N) is 1. The minimum Gasteiger partial charge on any atom is -1.00 e. The van der Waals surface area contributed by atoms with Crippen molar-refractivity contribution in [3.05, 3.63) is 398 Å². The molecule has 0 saturated heterocycles. The molecule has 2 N–H and O–H groups in total. The van der Waals surface area contributed by atoms with Gasteiger partial charge in [-0.3, -0.25) is 9.59 Å². The number of halogens is 3. The van der Waals surface area contributed by atoms with Crippen molar-refractivity contribution in [2.24, 2.45) is 0 Å². The van der Waals surface area contributed by atoms with Gasteiger partial charge in [-0.1, -0.05) is 286 Å². The number of benzene rings is 14. The van der Waals surface area contributed by atoms with Gasteiger partial charge in [-0.05, 0) is 198 Å². The predicted octanol–water partition coefficient (Wildman–Crippen LogP) is 17.3. The molecule has 0 saturated carbocycles. The molecule has 2 amide bonds. The minimum absolute atomic E-state index is 0. The molecule has 574 valence electrons. The van der Waals surface area contributed by atoms with Crippen LogP contribution >= 0.6 is 50.7 Å². The number of imide groups is 1. The summed E-state index contributed by atoms with van der Waals surface area (Å²) in [6, 6.07) is 126. The van der Waals surface area contributed by atoms with Crippen LogP contribution in [0.15, 0.2) is 376 Å². The Bertz CT molecular complexity index is 5170. The van der Waals surface area contributed by atoms with Gasteiger partial charge in [0.2, 0.25) is 0 Å². The third kappa shape index (κ3) is 21.2. The van der Waals surface area contributed by atoms with E-state index in [2.05, 4.69) is 234 Å². The zero-order chi connectivity index (χ0) is 74.7. The number of fused-ring (bicyclic) bond motifs is 2. The van der Waals surface area contributed by atoms with Crippen molar-refractivity contribution in [1.29, 1.82) is 1.28 Å². The van der Waals surface area contributed by atoms with Gasteiger partial charge < -0.3 is 67.9 Å². The number of carbonyl (C=O) groups is 4. The first-order chi connectivity index (χ1) is 52.9. The lowest BCUT2D eigenvalue weighted by Crippen LogP contribution is -3.00. The molecule has 0 aromatic heterocycles. The van der Waals surface area contributed by atoms with Crippen molar-refractivity contribution >= 4 is 128 Å². The molecule has 2 unspecified atom stereocenters. The van der Waals surface area contributed by atoms with E-state index in [0.29, 0.717) is 39.8 Å². The zero-order valence-corrected chi connectivity index (χ0v) is 69.6. The molecule has 16 heteroatoms. The second-order valence-electron chi connectivity index (χ2n) is 25.2. The Hall–Kier alpha value is -9.33. The highest BCUT2D eigenvalue weighted by Gasteiger charge is 2.50. The fourth-order valence-electron chi connectivity index (χ4n) is 13.4. The second-order valence-corrected chi connectivity index (χ2v) is 38.8. The third-order valence-corrected chi connectivity index (χ3v) is 31.8. The molecule has 2 aliphatic heterocycles. The highest BCUT2D eigenvalue weighted by molar-refractivity contribution is 14.2. The quantitative estimate of drug-likeness (QED) is 0.0152. The van der Waals surface area contributed by atoms with E-state index in [0.717, 1.165) is 41.5 Å². The summed E-state index contributed by atoms with van der Waals surface area (Å²) >= 11 is 2.24. The standard InChI is InChI=1S/C44H31NO3P.C24H21NP.C20H12O4.C5H13IP2.4CH4.2HI/c46-43-41-29-28-36(48-35-26-24-33(25-27-35)32-14-5-1-6-15-32)31-42(41)44(47)45(43)34-16-13-23-40(30-34)49(37-17-7-2-8-18-37,38-19-9-3-10-20-38)39-21-11-4-12-22-39;25-20-11-10-18-24(19-20)26(21-12-4-1-5-13-21,22-14-6-2-7-15-22)23-16-8-3-9-17-23;21-19-17-11-10-16(12-18(17)20(22)24-19)23-15-8-6-14(7-9-15)13-4-2-1-3-5-13;1-2-3-4-5-7-8-6;;;;;;/h1-31H;1-19H,25H2;1-12H;7-8H,2-5H2,1H3;4*1H4;2*1H/q2*+1;;;;;;;;/p-2/i;;;8T;;;;;;. The van der Waals surface area contributed by atoms with Gasteiger partial charge in [-0.15, -0.1) is 0 Å². The smallest absolute Gasteiger partial charge is 0.347 e. The van der Waals surface area contributed by atoms with Crippen LogP contribution < -0.4 is 110 Å². The van der Waals surface area contributed by atoms with Crippen LogP contribution in [0.2, 0.25) is 0 Å². The van der Waals surface area contributed by atoms with E-state index in [4.69, 9.17) is 16.5 Å². The minimum atomic E-state index is -2.43. The number of unbranched alkanes of at least 4 members (excludes halogenated alkanes) is 2. The SMILES string of the molecule is C.C.C.C.Nc1cccc([P+](c2ccccc2)(c2ccccc2)c2ccccc2)c1.O=C1OC(=O)c2cc(Oc3ccc(-c4ccccc4)cc3)ccc21.O=C1c2ccc(Oc3ccc(-c4ccccc4)cc3)cc2C(=O)N1c1cccc([P+](c2ccccc2)(c2ccccc2)c2ccccc2)c1.[3H]P(I)PCCCCC.[I-].[I-]. The average Bonchev–Trinajstić information content (AvgIpc) is 0.751. The van der Waals surface area contributed by atoms with E-state index in [9.17, 15) is 19.2 Å². The summed E-state index contributed by atoms with van der Waals surface area (Å²) < 4.78 is 23.8. The molecule has 9 nitrogen and oxygen atoms in total. The Kier molecular flexibility index (Phi) is 35.0. The first kappa shape index (κ1) is 89.2. The Morgan fingerprint density at radius 1 is 0.354 bits per heavy atom. The number of anilines is 2. The van der Waals surface area contributed by atoms with Crippen LogP contribution in [0.4, 0.5) is 11.4 Å². The molecule has 2 aliphatic rings. The number of cyclic esters (lactones) is 2. The number of nitrogens with zero attached hydrogens (tertiary/aromatic N) is 1. The molecular formula is C97H93I3N2O7P4. The predicted molar refractivity (Wildman–Crippen MR) is 487 cm³/mol. The lowest BCUT2D eigenvalue weighted by molar-refractivity contribution is -0.00100. The van der Waals surface area contributed by atoms with E-state index in [-0.39, 0.29) is 106 Å². The summed E-state index contributed by atoms with van der Waals surface area (Å²) in [5.74, 6) is -0.0850. The summed E-state index contributed by atoms with van der Waals surface area (Å²) in [5.41, 5.74) is 13.2. The molecule has 14 aromatic rings. The molecule has 0 fully saturated rings. The van der Waals surface area contributed by atoms with Gasteiger partial charge in [0.15, 0.2) is 0 Å². The normalized spacial score (nSPS) is 11.9. The summed E-state index contributed by atoms with van der Waals surface area (Å²) in [4.78, 5) is 52.2. The Labute approximate surface area is 720 Å². The van der Waals surface area contributed by atoms with Gasteiger partial charge in [0.25, 0.3) is 11.8 Å². The molecule has 2 heterocycles. The Morgan fingerprint density at radius 2 is 0.673 bits per heavy atom. The van der Waals surface area contributed by atoms with Crippen molar-refractivity contribution in [2.75, 3.05) is 16.8 Å². The molecule has 0 aliphatic carbocycles. The number of hydrogen-bond donors (Lipinski definition) is 1. The molecule has 113 heavy (non-hydrogen) atoms. The monoisotopic (exact) mass is 1900 g/mol. The molecule has 0 radical (unpaired) electrons. The van der Waals surface area contributed by atoms with Gasteiger partial charge >= 0.3 is 11.9 Å². The highest BCUT2D eigenvalue weighted by Crippen LogP contribution is 2.56. The maximum atomic E-state index is 14.0. The van der Waals surface area contributed by atoms with E-state index in [1.165, 1.54) is 79.6 Å². The summed E-state index contributed by atoms with van der Waals surface area (Å²) in [5, 5.41) is 9.89. The Balaban J connectivity index is 0.000000235. The van der Waals surface area contributed by atoms with Crippen LogP contribution in [0.5, 0.6) is 23.0 Å². The highest BCUT2D eigenvalue weighted by atomic mass is 127. The van der Waals surface area contributed by atoms with Crippen molar-refractivity contribution in [2.45, 2.75) is 55.9 Å². The van der Waals surface area contributed by atoms with Crippen molar-refractivity contribution in [1.82, 2.24) is 0 Å². The number of ether oxygens (including phenoxy) is 3. The number of esters is 2. The van der Waals surface area contributed by atoms with E-state index < -0.39 is 26.5 Å². The van der Waals surface area contributed by atoms with Crippen molar-refractivity contribution < 1.29 is 81.3 Å². The summed E-state index contributed by atoms with van der Waals surface area (Å²) in [6.45, 7) is 2.22. The number of carbonyl (C=O) groups excluding carboxylic acids is 4. The van der Waals surface area contributed by atoms with Gasteiger partial charge in [0, 0.05) is 17.8 Å². The molecule has 0 bridgehead atoms. The third-order valence-electron chi connectivity index (χ3n) is 18.4. The number of hydrogen-bond acceptors (Lipinski definition) is 8. The van der Waals surface area contributed by atoms with E-state index in [1.54, 1.807) is 24.3 Å². The van der Waals surface area contributed by atoms with Gasteiger partial charge in [0.1, 0.15) is 80.0 Å². The van der Waals surface area contributed by atoms with E-state index >= 15 is 0 Å². The van der Waals surface area contributed by atoms with E-state index in [1.807, 2.05) is 140 Å². The Morgan fingerprint density at radius 3 is 1.05 bits per heavy atom. The first-order valence-electron chi connectivity index (χ1n) is 35.7. The largest absolute Gasteiger partial charge is 1.00 e. The van der Waals surface area contributed by atoms with Crippen LogP contribution in [-0.4, -0.2) is 31.2 Å². The number of amides is 2. The van der Waals surface area contributed by atoms with Crippen LogP contribution in [0, 0.1) is 0 Å². The first-order valence-corrected chi connectivity index (χ1v) is 44.6. The summed E-state index contributed by atoms with van der Waals surface area (Å²) in [6.07, 6.45) is 5.30. The van der Waals surface area contributed by atoms with Crippen molar-refractivity contribution in [3.8, 4) is 45.3 Å². The van der Waals surface area contributed by atoms with Gasteiger partial charge in [0.05, 0.1) is 29.2 Å². The number of nitrogen functional groups attached to an aromatic ring is 1. The molecular weight excluding hydrogens is 1810 g/mol. The zero-order valence-electron chi connectivity index (χ0n) is 60.5. The van der Waals surface area contributed by atoms with Crippen LogP contribution in [-0.2, 0) is 4.74 Å². The fraction of sp³-hybridized carbons (Fsp3) is 0.0928. The molecule has 0 spiro atoms. The van der Waals surface area contributed by atoms with Gasteiger partial charge in [-0.2, -0.15) is 0 Å². The number of rotatable bonds is 20. The van der Waals surface area contributed by atoms with Crippen LogP contribution in [0.25, 0.3) is 22.3 Å². The topological polar surface area (TPSA) is 125 Å². The molecule has 2 atom stereocenters. The maximum Gasteiger partial charge on any atom is 0.347 e. The fourth-order valence-corrected chi connectivity index (χ4v) is 25.4. The maximum absolute atomic E-state index is 14.0. The van der Waals surface area contributed by atoms with Crippen LogP contribution in [0.3, 0.4) is 0 Å². The molecule has 16 rings (SSSR count). The summed E-state index contributed by atoms with van der Waals surface area (Å²) in [7, 11) is -3.52. The average molecular weight is 1910 g/mol. The lowest BCUT2D eigenvalue weighted by atomic mass is 10.1. The molecule has 14 aromatic carbocycles. The second kappa shape index (κ2) is 44.4.